The van der Waals surface area contributed by atoms with Crippen molar-refractivity contribution in [2.24, 2.45) is 0 Å². The van der Waals surface area contributed by atoms with Gasteiger partial charge in [0.25, 0.3) is 0 Å². The van der Waals surface area contributed by atoms with Gasteiger partial charge in [0.1, 0.15) is 0 Å². The van der Waals surface area contributed by atoms with E-state index in [2.05, 4.69) is 20.0 Å². The van der Waals surface area contributed by atoms with E-state index in [0.717, 1.165) is 31.1 Å². The predicted molar refractivity (Wildman–Crippen MR) is 77.5 cm³/mol. The second-order valence-corrected chi connectivity index (χ2v) is 5.78. The summed E-state index contributed by atoms with van der Waals surface area (Å²) in [7, 11) is 0. The SMILES string of the molecule is C[C@@H](c1cnccn1)N1CCC[C@@H](n2ccc(C(F)(F)F)n2)C1. The Morgan fingerprint density at radius 2 is 2.13 bits per heavy atom. The second-order valence-electron chi connectivity index (χ2n) is 5.78. The van der Waals surface area contributed by atoms with E-state index >= 15 is 0 Å². The lowest BCUT2D eigenvalue weighted by molar-refractivity contribution is -0.141. The van der Waals surface area contributed by atoms with Crippen molar-refractivity contribution in [3.05, 3.63) is 42.2 Å². The molecule has 2 aromatic rings. The Morgan fingerprint density at radius 3 is 2.78 bits per heavy atom. The molecule has 0 radical (unpaired) electrons. The Morgan fingerprint density at radius 1 is 1.30 bits per heavy atom. The third kappa shape index (κ3) is 3.52. The summed E-state index contributed by atoms with van der Waals surface area (Å²) in [5, 5.41) is 3.71. The molecule has 3 heterocycles. The predicted octanol–water partition coefficient (Wildman–Crippen LogP) is 3.09. The largest absolute Gasteiger partial charge is 0.435 e. The maximum Gasteiger partial charge on any atom is 0.435 e. The van der Waals surface area contributed by atoms with Gasteiger partial charge in [-0.1, -0.05) is 0 Å². The summed E-state index contributed by atoms with van der Waals surface area (Å²) < 4.78 is 39.5. The summed E-state index contributed by atoms with van der Waals surface area (Å²) in [4.78, 5) is 10.6. The van der Waals surface area contributed by atoms with E-state index in [-0.39, 0.29) is 12.1 Å². The van der Waals surface area contributed by atoms with Crippen LogP contribution in [0.25, 0.3) is 0 Å². The molecule has 0 bridgehead atoms. The highest BCUT2D eigenvalue weighted by molar-refractivity contribution is 5.05. The monoisotopic (exact) mass is 325 g/mol. The Balaban J connectivity index is 1.72. The van der Waals surface area contributed by atoms with Gasteiger partial charge in [-0.05, 0) is 32.4 Å². The first-order chi connectivity index (χ1) is 10.9. The molecule has 5 nitrogen and oxygen atoms in total. The van der Waals surface area contributed by atoms with E-state index in [1.165, 1.54) is 10.9 Å². The van der Waals surface area contributed by atoms with Gasteiger partial charge in [0.05, 0.1) is 17.8 Å². The maximum absolute atomic E-state index is 12.7. The molecule has 0 saturated carbocycles. The van der Waals surface area contributed by atoms with Gasteiger partial charge >= 0.3 is 6.18 Å². The van der Waals surface area contributed by atoms with Gasteiger partial charge in [-0.15, -0.1) is 0 Å². The zero-order valence-corrected chi connectivity index (χ0v) is 12.7. The van der Waals surface area contributed by atoms with Crippen LogP contribution in [0.3, 0.4) is 0 Å². The van der Waals surface area contributed by atoms with Crippen molar-refractivity contribution in [3.8, 4) is 0 Å². The molecule has 124 valence electrons. The summed E-state index contributed by atoms with van der Waals surface area (Å²) in [5.74, 6) is 0. The fraction of sp³-hybridized carbons (Fsp3) is 0.533. The average Bonchev–Trinajstić information content (AvgIpc) is 3.05. The van der Waals surface area contributed by atoms with Crippen LogP contribution in [-0.4, -0.2) is 37.7 Å². The normalized spacial score (nSPS) is 21.3. The van der Waals surface area contributed by atoms with Crippen molar-refractivity contribution >= 4 is 0 Å². The van der Waals surface area contributed by atoms with Crippen molar-refractivity contribution in [1.29, 1.82) is 0 Å². The third-order valence-corrected chi connectivity index (χ3v) is 4.26. The van der Waals surface area contributed by atoms with Crippen LogP contribution in [0.2, 0.25) is 0 Å². The molecular formula is C15H18F3N5. The second kappa shape index (κ2) is 6.27. The average molecular weight is 325 g/mol. The molecule has 0 N–H and O–H groups in total. The Bertz CT molecular complexity index is 640. The fourth-order valence-corrected chi connectivity index (χ4v) is 2.96. The molecule has 1 fully saturated rings. The molecule has 23 heavy (non-hydrogen) atoms. The lowest BCUT2D eigenvalue weighted by atomic mass is 10.0. The smallest absolute Gasteiger partial charge is 0.293 e. The Hall–Kier alpha value is -1.96. The molecule has 2 aromatic heterocycles. The number of piperidine rings is 1. The quantitative estimate of drug-likeness (QED) is 0.870. The van der Waals surface area contributed by atoms with E-state index < -0.39 is 11.9 Å². The molecule has 0 aromatic carbocycles. The molecule has 8 heteroatoms. The molecule has 1 aliphatic rings. The molecule has 3 rings (SSSR count). The van der Waals surface area contributed by atoms with Crippen molar-refractivity contribution in [2.45, 2.75) is 38.0 Å². The molecular weight excluding hydrogens is 307 g/mol. The summed E-state index contributed by atoms with van der Waals surface area (Å²) in [6.07, 6.45) is 3.76. The van der Waals surface area contributed by atoms with Gasteiger partial charge in [0.15, 0.2) is 5.69 Å². The van der Waals surface area contributed by atoms with Crippen LogP contribution in [0.1, 0.15) is 43.2 Å². The minimum Gasteiger partial charge on any atom is -0.293 e. The van der Waals surface area contributed by atoms with Crippen LogP contribution >= 0.6 is 0 Å². The summed E-state index contributed by atoms with van der Waals surface area (Å²) in [6, 6.07) is 1.05. The van der Waals surface area contributed by atoms with Crippen molar-refractivity contribution in [3.63, 3.8) is 0 Å². The summed E-state index contributed by atoms with van der Waals surface area (Å²) in [5.41, 5.74) is 0.0289. The first-order valence-electron chi connectivity index (χ1n) is 7.57. The summed E-state index contributed by atoms with van der Waals surface area (Å²) >= 11 is 0. The van der Waals surface area contributed by atoms with E-state index in [9.17, 15) is 13.2 Å². The van der Waals surface area contributed by atoms with Gasteiger partial charge in [-0.3, -0.25) is 19.5 Å². The number of likely N-dealkylation sites (tertiary alicyclic amines) is 1. The standard InChI is InChI=1S/C15H18F3N5/c1-11(13-9-19-5-6-20-13)22-7-2-3-12(10-22)23-8-4-14(21-23)15(16,17)18/h4-6,8-9,11-12H,2-3,7,10H2,1H3/t11-,12+/m0/s1. The van der Waals surface area contributed by atoms with Crippen molar-refractivity contribution in [2.75, 3.05) is 13.1 Å². The number of hydrogen-bond donors (Lipinski definition) is 0. The molecule has 0 aliphatic carbocycles. The molecule has 0 amide bonds. The van der Waals surface area contributed by atoms with Crippen LogP contribution in [-0.2, 0) is 6.18 Å². The van der Waals surface area contributed by atoms with Crippen LogP contribution in [0.5, 0.6) is 0 Å². The van der Waals surface area contributed by atoms with E-state index in [4.69, 9.17) is 0 Å². The third-order valence-electron chi connectivity index (χ3n) is 4.26. The molecule has 0 unspecified atom stereocenters. The number of halogens is 3. The lowest BCUT2D eigenvalue weighted by Crippen LogP contribution is -2.38. The number of hydrogen-bond acceptors (Lipinski definition) is 4. The number of rotatable bonds is 3. The topological polar surface area (TPSA) is 46.8 Å². The minimum absolute atomic E-state index is 0.0565. The number of aromatic nitrogens is 4. The van der Waals surface area contributed by atoms with Gasteiger partial charge in [0, 0.05) is 31.3 Å². The van der Waals surface area contributed by atoms with Crippen LogP contribution in [0.15, 0.2) is 30.9 Å². The lowest BCUT2D eigenvalue weighted by Gasteiger charge is -2.36. The van der Waals surface area contributed by atoms with E-state index in [0.29, 0.717) is 6.54 Å². The highest BCUT2D eigenvalue weighted by Gasteiger charge is 2.35. The zero-order valence-electron chi connectivity index (χ0n) is 12.7. The van der Waals surface area contributed by atoms with Crippen molar-refractivity contribution < 1.29 is 13.2 Å². The van der Waals surface area contributed by atoms with Crippen LogP contribution < -0.4 is 0 Å². The van der Waals surface area contributed by atoms with Gasteiger partial charge in [-0.25, -0.2) is 0 Å². The van der Waals surface area contributed by atoms with E-state index in [1.807, 2.05) is 6.92 Å². The van der Waals surface area contributed by atoms with Gasteiger partial charge in [-0.2, -0.15) is 18.3 Å². The van der Waals surface area contributed by atoms with Crippen LogP contribution in [0, 0.1) is 0 Å². The zero-order chi connectivity index (χ0) is 16.4. The Labute approximate surface area is 132 Å². The first-order valence-corrected chi connectivity index (χ1v) is 7.57. The fourth-order valence-electron chi connectivity index (χ4n) is 2.96. The molecule has 2 atom stereocenters. The summed E-state index contributed by atoms with van der Waals surface area (Å²) in [6.45, 7) is 3.58. The van der Waals surface area contributed by atoms with E-state index in [1.54, 1.807) is 18.6 Å². The highest BCUT2D eigenvalue weighted by atomic mass is 19.4. The van der Waals surface area contributed by atoms with Gasteiger partial charge < -0.3 is 0 Å². The maximum atomic E-state index is 12.7. The molecule has 1 aliphatic heterocycles. The van der Waals surface area contributed by atoms with Crippen molar-refractivity contribution in [1.82, 2.24) is 24.6 Å². The Kier molecular flexibility index (Phi) is 4.34. The molecule has 0 spiro atoms. The number of alkyl halides is 3. The first kappa shape index (κ1) is 15.9. The van der Waals surface area contributed by atoms with Gasteiger partial charge in [0.2, 0.25) is 0 Å². The highest BCUT2D eigenvalue weighted by Crippen LogP contribution is 2.31. The number of nitrogens with zero attached hydrogens (tertiary/aromatic N) is 5. The molecule has 1 saturated heterocycles. The van der Waals surface area contributed by atoms with Crippen LogP contribution in [0.4, 0.5) is 13.2 Å². The minimum atomic E-state index is -4.40.